The summed E-state index contributed by atoms with van der Waals surface area (Å²) in [7, 11) is 0. The van der Waals surface area contributed by atoms with Crippen molar-refractivity contribution in [3.8, 4) is 11.5 Å². The summed E-state index contributed by atoms with van der Waals surface area (Å²) in [4.78, 5) is 134. The number of carboxylic acids is 1. The molecular formula is C51H78N10O16. The topological polar surface area (TPSA) is 440 Å². The summed E-state index contributed by atoms with van der Waals surface area (Å²) < 4.78 is 0. The van der Waals surface area contributed by atoms with Crippen LogP contribution in [0.3, 0.4) is 0 Å². The number of aliphatic hydroxyl groups is 3. The van der Waals surface area contributed by atoms with Gasteiger partial charge in [0, 0.05) is 19.3 Å². The van der Waals surface area contributed by atoms with E-state index >= 15 is 0 Å². The maximum atomic E-state index is 14.2. The quantitative estimate of drug-likeness (QED) is 0.0337. The number of nitrogens with one attached hydrogen (secondary N) is 8. The summed E-state index contributed by atoms with van der Waals surface area (Å²) in [6.07, 6.45) is -1.99. The molecule has 0 saturated heterocycles. The molecule has 428 valence electrons. The third kappa shape index (κ3) is 22.0. The molecule has 2 aromatic rings. The first-order chi connectivity index (χ1) is 36.1. The van der Waals surface area contributed by atoms with Crippen LogP contribution in [0.5, 0.6) is 11.5 Å². The van der Waals surface area contributed by atoms with Crippen LogP contribution in [0.2, 0.25) is 0 Å². The third-order valence-corrected chi connectivity index (χ3v) is 12.7. The molecule has 0 heterocycles. The number of amides is 9. The number of aliphatic carboxylic acids is 1. The van der Waals surface area contributed by atoms with E-state index in [2.05, 4.69) is 42.5 Å². The van der Waals surface area contributed by atoms with Crippen molar-refractivity contribution in [2.75, 3.05) is 13.2 Å². The van der Waals surface area contributed by atoms with Crippen molar-refractivity contribution in [1.82, 2.24) is 42.5 Å². The normalized spacial score (nSPS) is 15.9. The van der Waals surface area contributed by atoms with Crippen molar-refractivity contribution in [2.45, 2.75) is 154 Å². The van der Waals surface area contributed by atoms with Crippen LogP contribution in [0.4, 0.5) is 0 Å². The third-order valence-electron chi connectivity index (χ3n) is 12.7. The van der Waals surface area contributed by atoms with Gasteiger partial charge >= 0.3 is 5.97 Å². The molecule has 0 bridgehead atoms. The van der Waals surface area contributed by atoms with E-state index in [1.807, 2.05) is 0 Å². The van der Waals surface area contributed by atoms with Crippen LogP contribution in [-0.2, 0) is 60.8 Å². The highest BCUT2D eigenvalue weighted by atomic mass is 16.4. The van der Waals surface area contributed by atoms with Crippen LogP contribution < -0.4 is 54.0 Å². The van der Waals surface area contributed by atoms with E-state index in [-0.39, 0.29) is 55.9 Å². The molecule has 0 aromatic heterocycles. The number of hydrogen-bond donors (Lipinski definition) is 16. The highest BCUT2D eigenvalue weighted by Gasteiger charge is 2.37. The molecule has 12 atom stereocenters. The largest absolute Gasteiger partial charge is 0.508 e. The Balaban J connectivity index is 2.40. The summed E-state index contributed by atoms with van der Waals surface area (Å²) in [5, 5.41) is 78.7. The summed E-state index contributed by atoms with van der Waals surface area (Å²) in [6, 6.07) is -2.37. The van der Waals surface area contributed by atoms with Crippen molar-refractivity contribution >= 4 is 59.1 Å². The Bertz CT molecular complexity index is 2320. The lowest BCUT2D eigenvalue weighted by Crippen LogP contribution is -2.62. The van der Waals surface area contributed by atoms with Crippen LogP contribution in [0, 0.1) is 17.8 Å². The van der Waals surface area contributed by atoms with Gasteiger partial charge in [-0.3, -0.25) is 43.2 Å². The van der Waals surface area contributed by atoms with E-state index in [1.165, 1.54) is 55.5 Å². The van der Waals surface area contributed by atoms with Crippen molar-refractivity contribution in [2.24, 2.45) is 29.2 Å². The molecule has 26 heteroatoms. The maximum absolute atomic E-state index is 14.2. The van der Waals surface area contributed by atoms with Crippen molar-refractivity contribution < 1.29 is 78.6 Å². The van der Waals surface area contributed by atoms with E-state index in [0.29, 0.717) is 11.1 Å². The van der Waals surface area contributed by atoms with Gasteiger partial charge in [-0.2, -0.15) is 0 Å². The number of aliphatic hydroxyl groups excluding tert-OH is 3. The fraction of sp³-hybridized carbons (Fsp3) is 0.569. The molecule has 0 spiro atoms. The molecular weight excluding hydrogens is 1010 g/mol. The molecule has 0 radical (unpaired) electrons. The molecule has 2 rings (SSSR count). The highest BCUT2D eigenvalue weighted by molar-refractivity contribution is 5.98. The number of rotatable bonds is 33. The summed E-state index contributed by atoms with van der Waals surface area (Å²) in [5.74, 6) is -11.7. The number of phenols is 2. The zero-order chi connectivity index (χ0) is 58.3. The zero-order valence-electron chi connectivity index (χ0n) is 44.4. The van der Waals surface area contributed by atoms with Gasteiger partial charge in [-0.15, -0.1) is 0 Å². The van der Waals surface area contributed by atoms with Gasteiger partial charge in [-0.1, -0.05) is 78.6 Å². The van der Waals surface area contributed by atoms with E-state index in [1.54, 1.807) is 41.5 Å². The first kappa shape index (κ1) is 65.7. The first-order valence-corrected chi connectivity index (χ1v) is 25.3. The Morgan fingerprint density at radius 1 is 0.494 bits per heavy atom. The van der Waals surface area contributed by atoms with E-state index < -0.39 is 151 Å². The lowest BCUT2D eigenvalue weighted by atomic mass is 9.95. The number of carbonyl (C=O) groups excluding carboxylic acids is 9. The second-order valence-electron chi connectivity index (χ2n) is 19.5. The van der Waals surface area contributed by atoms with Crippen LogP contribution in [0.1, 0.15) is 91.7 Å². The molecule has 0 aliphatic rings. The predicted molar refractivity (Wildman–Crippen MR) is 277 cm³/mol. The molecule has 2 aromatic carbocycles. The fourth-order valence-electron chi connectivity index (χ4n) is 7.53. The smallest absolute Gasteiger partial charge is 0.328 e. The van der Waals surface area contributed by atoms with Crippen LogP contribution in [-0.4, -0.2) is 163 Å². The summed E-state index contributed by atoms with van der Waals surface area (Å²) in [6.45, 7) is 9.37. The van der Waals surface area contributed by atoms with Crippen molar-refractivity contribution in [1.29, 1.82) is 0 Å². The minimum Gasteiger partial charge on any atom is -0.508 e. The summed E-state index contributed by atoms with van der Waals surface area (Å²) >= 11 is 0. The number of primary amides is 1. The van der Waals surface area contributed by atoms with Crippen LogP contribution >= 0.6 is 0 Å². The molecule has 77 heavy (non-hydrogen) atoms. The molecule has 26 nitrogen and oxygen atoms in total. The second-order valence-corrected chi connectivity index (χ2v) is 19.5. The van der Waals surface area contributed by atoms with Crippen molar-refractivity contribution in [3.63, 3.8) is 0 Å². The molecule has 9 amide bonds. The molecule has 18 N–H and O–H groups in total. The average molecular weight is 1090 g/mol. The van der Waals surface area contributed by atoms with Crippen LogP contribution in [0.15, 0.2) is 48.5 Å². The monoisotopic (exact) mass is 1090 g/mol. The number of aromatic hydroxyl groups is 2. The molecule has 0 aliphatic heterocycles. The Labute approximate surface area is 446 Å². The molecule has 0 unspecified atom stereocenters. The van der Waals surface area contributed by atoms with E-state index in [0.717, 1.165) is 0 Å². The minimum atomic E-state index is -1.73. The van der Waals surface area contributed by atoms with Gasteiger partial charge in [0.15, 0.2) is 0 Å². The number of benzene rings is 2. The number of phenolic OH excluding ortho intramolecular Hbond substituents is 2. The Hall–Kier alpha value is -7.42. The molecule has 0 aliphatic carbocycles. The van der Waals surface area contributed by atoms with Gasteiger partial charge in [-0.25, -0.2) is 4.79 Å². The highest BCUT2D eigenvalue weighted by Crippen LogP contribution is 2.17. The van der Waals surface area contributed by atoms with E-state index in [9.17, 15) is 78.6 Å². The maximum Gasteiger partial charge on any atom is 0.328 e. The van der Waals surface area contributed by atoms with Gasteiger partial charge in [0.05, 0.1) is 19.3 Å². The minimum absolute atomic E-state index is 0.0376. The number of carboxylic acid groups (broad SMARTS) is 1. The lowest BCUT2D eigenvalue weighted by Gasteiger charge is -2.30. The standard InChI is InChI=1S/C51H78N10O16/c1-8-26(5)41(60-43(68)33(18-19-39(52)67)54-45(70)35(55-48(73)40(53)28(7)64)21-29-10-14-31(65)15-11-29)49(74)56-34(20-25(3)4)44(69)58-37(23-62)47(72)61-42(27(6)9-2)50(75)57-36(22-30-12-16-32(66)17-13-30)46(71)59-38(24-63)51(76)77/h10-17,25-28,33-38,40-42,62-66H,8-9,18-24,53H2,1-7H3,(H2,52,67)(H,54,70)(H,55,73)(H,56,74)(H,57,75)(H,58,69)(H,59,71)(H,60,68)(H,61,72)(H,76,77)/t26-,27-,28+,33-,34-,35-,36-,37-,38-,40-,41-,42-/m0/s1. The number of carbonyl (C=O) groups is 10. The lowest BCUT2D eigenvalue weighted by molar-refractivity contribution is -0.143. The molecule has 0 saturated carbocycles. The number of nitrogens with two attached hydrogens (primary N) is 2. The fourth-order valence-corrected chi connectivity index (χ4v) is 7.53. The van der Waals surface area contributed by atoms with Crippen molar-refractivity contribution in [3.05, 3.63) is 59.7 Å². The van der Waals surface area contributed by atoms with Gasteiger partial charge in [0.25, 0.3) is 0 Å². The van der Waals surface area contributed by atoms with Gasteiger partial charge < -0.3 is 84.6 Å². The number of hydrogen-bond acceptors (Lipinski definition) is 16. The zero-order valence-corrected chi connectivity index (χ0v) is 44.4. The predicted octanol–water partition coefficient (Wildman–Crippen LogP) is -3.06. The van der Waals surface area contributed by atoms with Crippen LogP contribution in [0.25, 0.3) is 0 Å². The van der Waals surface area contributed by atoms with Gasteiger partial charge in [0.1, 0.15) is 65.9 Å². The Morgan fingerprint density at radius 3 is 1.22 bits per heavy atom. The summed E-state index contributed by atoms with van der Waals surface area (Å²) in [5.41, 5.74) is 12.1. The van der Waals surface area contributed by atoms with E-state index in [4.69, 9.17) is 11.5 Å². The first-order valence-electron chi connectivity index (χ1n) is 25.3. The average Bonchev–Trinajstić information content (AvgIpc) is 3.38. The SMILES string of the molecule is CC[C@H](C)[C@H](NC(=O)[C@H](CO)NC(=O)[C@H](CC(C)C)NC(=O)[C@@H](NC(=O)[C@H](CCC(N)=O)NC(=O)[C@H](Cc1ccc(O)cc1)NC(=O)[C@@H](N)[C@@H](C)O)[C@@H](C)CC)C(=O)N[C@@H](Cc1ccc(O)cc1)C(=O)N[C@@H](CO)C(=O)O. The second kappa shape index (κ2) is 32.2. The molecule has 0 fully saturated rings. The Morgan fingerprint density at radius 2 is 0.844 bits per heavy atom. The van der Waals surface area contributed by atoms with Gasteiger partial charge in [0.2, 0.25) is 53.2 Å². The van der Waals surface area contributed by atoms with Gasteiger partial charge in [-0.05, 0) is 72.9 Å². The Kier molecular flexibility index (Phi) is 27.5.